The minimum absolute atomic E-state index is 0.0428. The van der Waals surface area contributed by atoms with Crippen LogP contribution in [0, 0.1) is 17.8 Å². The molecular weight excluding hydrogens is 769 g/mol. The number of aromatic nitrogens is 1. The summed E-state index contributed by atoms with van der Waals surface area (Å²) in [6.45, 7) is 9.82. The van der Waals surface area contributed by atoms with Gasteiger partial charge in [0.05, 0.1) is 12.6 Å². The maximum absolute atomic E-state index is 14.6. The predicted molar refractivity (Wildman–Crippen MR) is 226 cm³/mol. The average molecular weight is 822 g/mol. The number of nitrogens with zero attached hydrogens (tertiary/aromatic N) is 2. The Morgan fingerprint density at radius 2 is 1.58 bits per heavy atom. The Morgan fingerprint density at radius 3 is 2.14 bits per heavy atom. The summed E-state index contributed by atoms with van der Waals surface area (Å²) in [5, 5.41) is 12.2. The monoisotopic (exact) mass is 821 g/mol. The van der Waals surface area contributed by atoms with E-state index in [-0.39, 0.29) is 18.6 Å². The number of benzene rings is 4. The fourth-order valence-corrected chi connectivity index (χ4v) is 8.98. The minimum atomic E-state index is -4.19. The van der Waals surface area contributed by atoms with Gasteiger partial charge in [0.15, 0.2) is 0 Å². The fourth-order valence-electron chi connectivity index (χ4n) is 7.57. The molecular formula is C46H52N3O9P. The van der Waals surface area contributed by atoms with Crippen LogP contribution in [0.1, 0.15) is 50.3 Å². The quantitative estimate of drug-likeness (QED) is 0.0725. The average Bonchev–Trinajstić information content (AvgIpc) is 3.25. The summed E-state index contributed by atoms with van der Waals surface area (Å²) in [6.07, 6.45) is 4.86. The summed E-state index contributed by atoms with van der Waals surface area (Å²) in [7, 11) is -2.55. The van der Waals surface area contributed by atoms with Gasteiger partial charge in [-0.1, -0.05) is 86.7 Å². The maximum atomic E-state index is 14.6. The predicted octanol–water partition coefficient (Wildman–Crippen LogP) is 9.88. The summed E-state index contributed by atoms with van der Waals surface area (Å²) >= 11 is 0. The number of methoxy groups -OCH3 is 1. The van der Waals surface area contributed by atoms with Crippen molar-refractivity contribution >= 4 is 30.8 Å². The van der Waals surface area contributed by atoms with Gasteiger partial charge in [-0.05, 0) is 103 Å². The van der Waals surface area contributed by atoms with Crippen LogP contribution in [-0.4, -0.2) is 59.3 Å². The van der Waals surface area contributed by atoms with Crippen LogP contribution >= 0.6 is 7.82 Å². The molecule has 310 valence electrons. The number of nitrogens with one attached hydrogen (secondary N) is 1. The maximum Gasteiger partial charge on any atom is 0.588 e. The first kappa shape index (κ1) is 42.9. The molecule has 8 rings (SSSR count). The van der Waals surface area contributed by atoms with E-state index in [1.807, 2.05) is 105 Å². The van der Waals surface area contributed by atoms with Crippen LogP contribution in [0.2, 0.25) is 0 Å². The number of pyridine rings is 1. The Hall–Kier alpha value is -5.68. The van der Waals surface area contributed by atoms with Crippen molar-refractivity contribution in [1.29, 1.82) is 0 Å². The van der Waals surface area contributed by atoms with E-state index in [2.05, 4.69) is 27.9 Å². The lowest BCUT2D eigenvalue weighted by molar-refractivity contribution is -0.139. The van der Waals surface area contributed by atoms with Gasteiger partial charge in [0.25, 0.3) is 0 Å². The summed E-state index contributed by atoms with van der Waals surface area (Å²) in [4.78, 5) is 29.5. The van der Waals surface area contributed by atoms with Gasteiger partial charge in [-0.2, -0.15) is 0 Å². The SMILES string of the molecule is C=CC1CN2CCC1CC2[C@H](OP(=O)(Oc1ccccc1)Oc1ccccc1)c1ccnc2ccc(OC)cc12.CC(C)CC(NC(=O)OCc1ccccc1)C(=O)O. The molecule has 3 saturated heterocycles. The summed E-state index contributed by atoms with van der Waals surface area (Å²) in [5.74, 6) is 1.54. The number of alkyl carbamates (subject to hydrolysis) is 1. The lowest BCUT2D eigenvalue weighted by atomic mass is 9.73. The van der Waals surface area contributed by atoms with Crippen LogP contribution in [0.5, 0.6) is 17.2 Å². The van der Waals surface area contributed by atoms with E-state index in [0.29, 0.717) is 35.5 Å². The van der Waals surface area contributed by atoms with Gasteiger partial charge in [0.2, 0.25) is 0 Å². The highest BCUT2D eigenvalue weighted by atomic mass is 31.2. The molecule has 0 spiro atoms. The Kier molecular flexibility index (Phi) is 14.8. The topological polar surface area (TPSA) is 146 Å². The van der Waals surface area contributed by atoms with Crippen LogP contribution in [0.3, 0.4) is 0 Å². The zero-order valence-electron chi connectivity index (χ0n) is 33.6. The number of carboxylic acid groups (broad SMARTS) is 1. The largest absolute Gasteiger partial charge is 0.588 e. The van der Waals surface area contributed by atoms with E-state index >= 15 is 0 Å². The van der Waals surface area contributed by atoms with Gasteiger partial charge in [0, 0.05) is 24.2 Å². The van der Waals surface area contributed by atoms with Crippen LogP contribution in [-0.2, 0) is 25.2 Å². The number of amides is 1. The molecule has 59 heavy (non-hydrogen) atoms. The number of carboxylic acids is 1. The van der Waals surface area contributed by atoms with Gasteiger partial charge in [-0.3, -0.25) is 14.4 Å². The minimum Gasteiger partial charge on any atom is -0.497 e. The van der Waals surface area contributed by atoms with Crippen molar-refractivity contribution in [2.24, 2.45) is 17.8 Å². The standard InChI is InChI=1S/C32H33N2O5P.C14H19NO4/c1-3-23-22-34-19-17-24(23)20-31(34)32(28-16-18-33-30-15-14-27(36-2)21-29(28)30)39-40(35,37-25-10-6-4-7-11-25)38-26-12-8-5-9-13-26;1-10(2)8-12(13(16)17)15-14(18)19-9-11-6-4-3-5-7-11/h3-16,18,21,23-24,31-32H,1,17,19-20,22H2,2H3;3-7,10,12H,8-9H2,1-2H3,(H,15,18)(H,16,17)/t23?,24?,31?,32-;/m1./s1. The molecule has 6 atom stereocenters. The van der Waals surface area contributed by atoms with E-state index < -0.39 is 32.0 Å². The van der Waals surface area contributed by atoms with Gasteiger partial charge in [0.1, 0.15) is 36.0 Å². The first-order chi connectivity index (χ1) is 28.5. The lowest BCUT2D eigenvalue weighted by Crippen LogP contribution is -2.55. The number of carbonyl (C=O) groups excluding carboxylic acids is 1. The van der Waals surface area contributed by atoms with E-state index in [4.69, 9.17) is 28.2 Å². The Morgan fingerprint density at radius 1 is 0.932 bits per heavy atom. The lowest BCUT2D eigenvalue weighted by Gasteiger charge is -2.51. The van der Waals surface area contributed by atoms with Crippen molar-refractivity contribution in [2.75, 3.05) is 20.2 Å². The molecule has 4 aromatic carbocycles. The third-order valence-corrected chi connectivity index (χ3v) is 11.8. The van der Waals surface area contributed by atoms with E-state index in [1.54, 1.807) is 37.6 Å². The van der Waals surface area contributed by atoms with Crippen LogP contribution in [0.4, 0.5) is 4.79 Å². The fraction of sp³-hybridized carbons (Fsp3) is 0.326. The number of hydrogen-bond acceptors (Lipinski definition) is 10. The van der Waals surface area contributed by atoms with Gasteiger partial charge in [-0.25, -0.2) is 14.2 Å². The molecule has 5 aromatic rings. The van der Waals surface area contributed by atoms with Crippen molar-refractivity contribution in [1.82, 2.24) is 15.2 Å². The number of para-hydroxylation sites is 2. The zero-order valence-corrected chi connectivity index (χ0v) is 34.5. The number of rotatable bonds is 16. The molecule has 0 radical (unpaired) electrons. The molecule has 13 heteroatoms. The number of aliphatic carboxylic acids is 1. The first-order valence-corrected chi connectivity index (χ1v) is 21.3. The van der Waals surface area contributed by atoms with E-state index in [9.17, 15) is 14.2 Å². The normalized spacial score (nSPS) is 19.4. The third kappa shape index (κ3) is 11.7. The zero-order chi connectivity index (χ0) is 41.8. The number of phosphoric ester groups is 1. The molecule has 5 unspecified atom stereocenters. The first-order valence-electron chi connectivity index (χ1n) is 19.8. The molecule has 1 amide bonds. The Bertz CT molecular complexity index is 2150. The summed E-state index contributed by atoms with van der Waals surface area (Å²) < 4.78 is 43.9. The number of hydrogen-bond donors (Lipinski definition) is 2. The molecule has 1 aromatic heterocycles. The molecule has 3 aliphatic rings. The summed E-state index contributed by atoms with van der Waals surface area (Å²) in [5.41, 5.74) is 2.52. The molecule has 2 N–H and O–H groups in total. The molecule has 12 nitrogen and oxygen atoms in total. The van der Waals surface area contributed by atoms with E-state index in [1.165, 1.54) is 0 Å². The van der Waals surface area contributed by atoms with Gasteiger partial charge in [-0.15, -0.1) is 6.58 Å². The number of carbonyl (C=O) groups is 2. The van der Waals surface area contributed by atoms with Crippen molar-refractivity contribution in [3.8, 4) is 17.2 Å². The molecule has 3 fully saturated rings. The molecule has 0 aliphatic carbocycles. The van der Waals surface area contributed by atoms with E-state index in [0.717, 1.165) is 48.0 Å². The van der Waals surface area contributed by atoms with Crippen LogP contribution < -0.4 is 19.1 Å². The second-order valence-corrected chi connectivity index (χ2v) is 16.5. The highest BCUT2D eigenvalue weighted by Gasteiger charge is 2.47. The number of ether oxygens (including phenoxy) is 2. The molecule has 4 heterocycles. The third-order valence-electron chi connectivity index (χ3n) is 10.5. The van der Waals surface area contributed by atoms with Crippen LogP contribution in [0.15, 0.2) is 134 Å². The second-order valence-electron chi connectivity index (χ2n) is 15.0. The molecule has 2 bridgehead atoms. The molecule has 3 aliphatic heterocycles. The van der Waals surface area contributed by atoms with Crippen molar-refractivity contribution in [3.05, 3.63) is 145 Å². The second kappa shape index (κ2) is 20.3. The smallest absolute Gasteiger partial charge is 0.497 e. The number of fused-ring (bicyclic) bond motifs is 4. The number of phosphoric acid groups is 1. The van der Waals surface area contributed by atoms with Crippen molar-refractivity contribution < 1.29 is 42.3 Å². The van der Waals surface area contributed by atoms with Gasteiger partial charge < -0.3 is 28.9 Å². The van der Waals surface area contributed by atoms with Crippen molar-refractivity contribution in [3.63, 3.8) is 0 Å². The molecule has 0 saturated carbocycles. The highest BCUT2D eigenvalue weighted by Crippen LogP contribution is 2.56. The highest BCUT2D eigenvalue weighted by molar-refractivity contribution is 7.49. The van der Waals surface area contributed by atoms with Crippen molar-refractivity contribution in [2.45, 2.75) is 57.9 Å². The Labute approximate surface area is 345 Å². The Balaban J connectivity index is 0.000000260. The number of piperidine rings is 3. The summed E-state index contributed by atoms with van der Waals surface area (Å²) in [6, 6.07) is 34.0. The van der Waals surface area contributed by atoms with Gasteiger partial charge >= 0.3 is 19.9 Å². The van der Waals surface area contributed by atoms with Crippen LogP contribution in [0.25, 0.3) is 10.9 Å².